The first kappa shape index (κ1) is 15.9. The van der Waals surface area contributed by atoms with Crippen molar-refractivity contribution < 1.29 is 14.2 Å². The van der Waals surface area contributed by atoms with Crippen LogP contribution in [0.15, 0.2) is 24.3 Å². The molecule has 1 heterocycles. The summed E-state index contributed by atoms with van der Waals surface area (Å²) in [6, 6.07) is 4.17. The normalized spacial score (nSPS) is 16.4. The standard InChI is InChI=1S/C17H25NO3/c1-12(2)11-20-6-5-18-10-15-9-17-14(7-13(3)21-17)8-16(15)19-4/h8-9,13,18H,1,5-7,10-11H2,2-4H3. The fourth-order valence-corrected chi connectivity index (χ4v) is 2.42. The van der Waals surface area contributed by atoms with Gasteiger partial charge in [-0.25, -0.2) is 0 Å². The molecule has 0 bridgehead atoms. The van der Waals surface area contributed by atoms with E-state index in [-0.39, 0.29) is 6.10 Å². The van der Waals surface area contributed by atoms with Crippen molar-refractivity contribution in [1.29, 1.82) is 0 Å². The van der Waals surface area contributed by atoms with Gasteiger partial charge < -0.3 is 19.5 Å². The van der Waals surface area contributed by atoms with Crippen LogP contribution in [0.1, 0.15) is 25.0 Å². The molecule has 4 heteroatoms. The van der Waals surface area contributed by atoms with Gasteiger partial charge in [-0.3, -0.25) is 0 Å². The third kappa shape index (κ3) is 4.48. The molecule has 0 aliphatic carbocycles. The summed E-state index contributed by atoms with van der Waals surface area (Å²) >= 11 is 0. The lowest BCUT2D eigenvalue weighted by molar-refractivity contribution is 0.157. The molecule has 1 unspecified atom stereocenters. The van der Waals surface area contributed by atoms with Crippen molar-refractivity contribution in [2.75, 3.05) is 26.9 Å². The second kappa shape index (κ2) is 7.48. The minimum atomic E-state index is 0.253. The Kier molecular flexibility index (Phi) is 5.65. The summed E-state index contributed by atoms with van der Waals surface area (Å²) in [5.41, 5.74) is 3.39. The van der Waals surface area contributed by atoms with Crippen LogP contribution < -0.4 is 14.8 Å². The van der Waals surface area contributed by atoms with E-state index in [2.05, 4.69) is 31.0 Å². The van der Waals surface area contributed by atoms with E-state index in [1.165, 1.54) is 5.56 Å². The molecule has 1 aromatic carbocycles. The van der Waals surface area contributed by atoms with Crippen LogP contribution in [-0.2, 0) is 17.7 Å². The van der Waals surface area contributed by atoms with Crippen molar-refractivity contribution in [2.45, 2.75) is 32.9 Å². The Morgan fingerprint density at radius 3 is 3.00 bits per heavy atom. The van der Waals surface area contributed by atoms with E-state index in [9.17, 15) is 0 Å². The molecule has 0 aromatic heterocycles. The summed E-state index contributed by atoms with van der Waals surface area (Å²) in [5, 5.41) is 3.36. The molecule has 116 valence electrons. The van der Waals surface area contributed by atoms with Crippen LogP contribution in [0.2, 0.25) is 0 Å². The Morgan fingerprint density at radius 1 is 1.48 bits per heavy atom. The van der Waals surface area contributed by atoms with Crippen LogP contribution in [0.25, 0.3) is 0 Å². The zero-order valence-electron chi connectivity index (χ0n) is 13.2. The summed E-state index contributed by atoms with van der Waals surface area (Å²) in [6.07, 6.45) is 1.21. The van der Waals surface area contributed by atoms with Gasteiger partial charge in [0.05, 0.1) is 20.3 Å². The molecule has 0 spiro atoms. The largest absolute Gasteiger partial charge is 0.496 e. The molecule has 0 radical (unpaired) electrons. The lowest BCUT2D eigenvalue weighted by Gasteiger charge is -2.12. The van der Waals surface area contributed by atoms with Gasteiger partial charge in [-0.2, -0.15) is 0 Å². The molecule has 1 N–H and O–H groups in total. The van der Waals surface area contributed by atoms with Crippen LogP contribution in [0, 0.1) is 0 Å². The first-order chi connectivity index (χ1) is 10.1. The monoisotopic (exact) mass is 291 g/mol. The summed E-state index contributed by atoms with van der Waals surface area (Å²) in [4.78, 5) is 0. The predicted molar refractivity (Wildman–Crippen MR) is 84.1 cm³/mol. The second-order valence-corrected chi connectivity index (χ2v) is 5.59. The zero-order valence-corrected chi connectivity index (χ0v) is 13.2. The third-order valence-electron chi connectivity index (χ3n) is 3.39. The molecule has 0 amide bonds. The van der Waals surface area contributed by atoms with E-state index >= 15 is 0 Å². The van der Waals surface area contributed by atoms with Gasteiger partial charge >= 0.3 is 0 Å². The van der Waals surface area contributed by atoms with Gasteiger partial charge in [0, 0.05) is 30.6 Å². The number of rotatable bonds is 8. The van der Waals surface area contributed by atoms with Gasteiger partial charge in [0.2, 0.25) is 0 Å². The first-order valence-corrected chi connectivity index (χ1v) is 7.39. The van der Waals surface area contributed by atoms with Gasteiger partial charge in [-0.05, 0) is 26.0 Å². The molecule has 0 saturated heterocycles. The highest BCUT2D eigenvalue weighted by molar-refractivity contribution is 5.48. The highest BCUT2D eigenvalue weighted by Crippen LogP contribution is 2.34. The van der Waals surface area contributed by atoms with Crippen molar-refractivity contribution in [3.8, 4) is 11.5 Å². The fraction of sp³-hybridized carbons (Fsp3) is 0.529. The molecular formula is C17H25NO3. The van der Waals surface area contributed by atoms with Crippen LogP contribution in [0.3, 0.4) is 0 Å². The van der Waals surface area contributed by atoms with E-state index in [4.69, 9.17) is 14.2 Å². The van der Waals surface area contributed by atoms with Crippen molar-refractivity contribution >= 4 is 0 Å². The minimum absolute atomic E-state index is 0.253. The highest BCUT2D eigenvalue weighted by Gasteiger charge is 2.21. The second-order valence-electron chi connectivity index (χ2n) is 5.59. The average Bonchev–Trinajstić information content (AvgIpc) is 2.80. The van der Waals surface area contributed by atoms with E-state index < -0.39 is 0 Å². The molecule has 4 nitrogen and oxygen atoms in total. The van der Waals surface area contributed by atoms with E-state index in [0.29, 0.717) is 13.2 Å². The number of methoxy groups -OCH3 is 1. The fourth-order valence-electron chi connectivity index (χ4n) is 2.42. The van der Waals surface area contributed by atoms with E-state index in [1.807, 2.05) is 6.92 Å². The van der Waals surface area contributed by atoms with Crippen molar-refractivity contribution in [3.05, 3.63) is 35.4 Å². The summed E-state index contributed by atoms with van der Waals surface area (Å²) in [7, 11) is 1.71. The van der Waals surface area contributed by atoms with Crippen molar-refractivity contribution in [2.24, 2.45) is 0 Å². The summed E-state index contributed by atoms with van der Waals surface area (Å²) in [6.45, 7) is 10.7. The number of benzene rings is 1. The minimum Gasteiger partial charge on any atom is -0.496 e. The number of fused-ring (bicyclic) bond motifs is 1. The van der Waals surface area contributed by atoms with Crippen LogP contribution in [0.5, 0.6) is 11.5 Å². The molecule has 21 heavy (non-hydrogen) atoms. The maximum absolute atomic E-state index is 5.80. The zero-order chi connectivity index (χ0) is 15.2. The van der Waals surface area contributed by atoms with E-state index in [0.717, 1.165) is 42.1 Å². The van der Waals surface area contributed by atoms with Gasteiger partial charge in [0.1, 0.15) is 17.6 Å². The average molecular weight is 291 g/mol. The molecule has 1 aromatic rings. The Bertz CT molecular complexity index is 499. The quantitative estimate of drug-likeness (QED) is 0.590. The van der Waals surface area contributed by atoms with Gasteiger partial charge in [0.15, 0.2) is 0 Å². The Morgan fingerprint density at radius 2 is 2.29 bits per heavy atom. The maximum Gasteiger partial charge on any atom is 0.123 e. The van der Waals surface area contributed by atoms with Crippen molar-refractivity contribution in [3.63, 3.8) is 0 Å². The summed E-state index contributed by atoms with van der Waals surface area (Å²) in [5.74, 6) is 1.90. The van der Waals surface area contributed by atoms with Gasteiger partial charge in [-0.15, -0.1) is 0 Å². The maximum atomic E-state index is 5.80. The number of ether oxygens (including phenoxy) is 3. The number of hydrogen-bond acceptors (Lipinski definition) is 4. The first-order valence-electron chi connectivity index (χ1n) is 7.39. The van der Waals surface area contributed by atoms with Gasteiger partial charge in [0.25, 0.3) is 0 Å². The molecule has 0 fully saturated rings. The smallest absolute Gasteiger partial charge is 0.123 e. The highest BCUT2D eigenvalue weighted by atomic mass is 16.5. The summed E-state index contributed by atoms with van der Waals surface area (Å²) < 4.78 is 16.7. The Hall–Kier alpha value is -1.52. The Balaban J connectivity index is 1.85. The molecule has 2 rings (SSSR count). The van der Waals surface area contributed by atoms with Crippen LogP contribution in [0.4, 0.5) is 0 Å². The molecular weight excluding hydrogens is 266 g/mol. The molecule has 1 aliphatic heterocycles. The molecule has 0 saturated carbocycles. The molecule has 1 atom stereocenters. The SMILES string of the molecule is C=C(C)COCCNCc1cc2c(cc1OC)CC(C)O2. The number of nitrogens with one attached hydrogen (secondary N) is 1. The lowest BCUT2D eigenvalue weighted by atomic mass is 10.1. The van der Waals surface area contributed by atoms with Crippen LogP contribution in [-0.4, -0.2) is 33.0 Å². The van der Waals surface area contributed by atoms with Crippen molar-refractivity contribution in [1.82, 2.24) is 5.32 Å². The molecule has 1 aliphatic rings. The Labute approximate surface area is 127 Å². The number of hydrogen-bond donors (Lipinski definition) is 1. The topological polar surface area (TPSA) is 39.7 Å². The van der Waals surface area contributed by atoms with Gasteiger partial charge in [-0.1, -0.05) is 12.2 Å². The lowest BCUT2D eigenvalue weighted by Crippen LogP contribution is -2.20. The van der Waals surface area contributed by atoms with Crippen LogP contribution >= 0.6 is 0 Å². The third-order valence-corrected chi connectivity index (χ3v) is 3.39. The van der Waals surface area contributed by atoms with E-state index in [1.54, 1.807) is 7.11 Å². The predicted octanol–water partition coefficient (Wildman–Crippen LogP) is 2.70.